The molecule has 0 aliphatic carbocycles. The van der Waals surface area contributed by atoms with Gasteiger partial charge in [0.1, 0.15) is 10.6 Å². The lowest BCUT2D eigenvalue weighted by atomic mass is 9.86. The van der Waals surface area contributed by atoms with Crippen molar-refractivity contribution in [3.8, 4) is 0 Å². The summed E-state index contributed by atoms with van der Waals surface area (Å²) in [6.45, 7) is 13.0. The van der Waals surface area contributed by atoms with Crippen LogP contribution in [0, 0.1) is 40.5 Å². The van der Waals surface area contributed by atoms with E-state index in [2.05, 4.69) is 48.2 Å². The fourth-order valence-electron chi connectivity index (χ4n) is 6.10. The number of carbonyl (C=O) groups is 1. The lowest BCUT2D eigenvalue weighted by Gasteiger charge is -2.37. The number of hydrogen-bond donors (Lipinski definition) is 0. The SMILES string of the molecule is Cc1cccc(C2CN(S(=O)(=O)c3c(C)noc3C)C[C@H]2CC(=O)N2CCN(c3cc(C)ccc3C)CC2)c1. The van der Waals surface area contributed by atoms with Gasteiger partial charge >= 0.3 is 0 Å². The van der Waals surface area contributed by atoms with Crippen molar-refractivity contribution < 1.29 is 17.7 Å². The number of aryl methyl sites for hydroxylation is 5. The van der Waals surface area contributed by atoms with Crippen LogP contribution in [0.15, 0.2) is 51.9 Å². The van der Waals surface area contributed by atoms with Gasteiger partial charge in [-0.1, -0.05) is 47.1 Å². The van der Waals surface area contributed by atoms with Gasteiger partial charge in [0, 0.05) is 57.3 Å². The van der Waals surface area contributed by atoms with Crippen LogP contribution in [0.4, 0.5) is 5.69 Å². The van der Waals surface area contributed by atoms with E-state index >= 15 is 0 Å². The summed E-state index contributed by atoms with van der Waals surface area (Å²) in [4.78, 5) is 18.0. The lowest BCUT2D eigenvalue weighted by molar-refractivity contribution is -0.132. The molecule has 2 fully saturated rings. The van der Waals surface area contributed by atoms with Crippen molar-refractivity contribution in [2.45, 2.75) is 51.9 Å². The van der Waals surface area contributed by atoms with Crippen LogP contribution in [0.2, 0.25) is 0 Å². The quantitative estimate of drug-likeness (QED) is 0.453. The highest BCUT2D eigenvalue weighted by molar-refractivity contribution is 7.89. The number of rotatable bonds is 6. The molecule has 2 aromatic carbocycles. The van der Waals surface area contributed by atoms with E-state index in [-0.39, 0.29) is 22.6 Å². The molecule has 1 unspecified atom stereocenters. The van der Waals surface area contributed by atoms with Crippen molar-refractivity contribution in [1.29, 1.82) is 0 Å². The molecular weight excluding hydrogens is 512 g/mol. The number of piperazine rings is 1. The van der Waals surface area contributed by atoms with E-state index in [1.54, 1.807) is 13.8 Å². The average Bonchev–Trinajstić information content (AvgIpc) is 3.49. The molecule has 0 bridgehead atoms. The molecule has 0 radical (unpaired) electrons. The average molecular weight is 551 g/mol. The van der Waals surface area contributed by atoms with Crippen molar-refractivity contribution in [2.75, 3.05) is 44.2 Å². The van der Waals surface area contributed by atoms with Gasteiger partial charge in [-0.15, -0.1) is 0 Å². The normalized spacial score (nSPS) is 20.5. The van der Waals surface area contributed by atoms with Crippen molar-refractivity contribution >= 4 is 21.6 Å². The number of nitrogens with zero attached hydrogens (tertiary/aromatic N) is 4. The molecule has 3 heterocycles. The summed E-state index contributed by atoms with van der Waals surface area (Å²) in [6, 6.07) is 14.7. The van der Waals surface area contributed by atoms with Gasteiger partial charge < -0.3 is 14.3 Å². The topological polar surface area (TPSA) is 87.0 Å². The Morgan fingerprint density at radius 3 is 2.33 bits per heavy atom. The molecule has 2 atom stereocenters. The van der Waals surface area contributed by atoms with Crippen molar-refractivity contribution in [3.63, 3.8) is 0 Å². The van der Waals surface area contributed by atoms with Crippen LogP contribution in [0.25, 0.3) is 0 Å². The van der Waals surface area contributed by atoms with Crippen LogP contribution < -0.4 is 4.90 Å². The summed E-state index contributed by atoms with van der Waals surface area (Å²) in [5.41, 5.74) is 6.26. The molecule has 5 rings (SSSR count). The number of benzene rings is 2. The Morgan fingerprint density at radius 2 is 1.67 bits per heavy atom. The smallest absolute Gasteiger partial charge is 0.248 e. The lowest BCUT2D eigenvalue weighted by Crippen LogP contribution is -2.49. The Bertz CT molecular complexity index is 1450. The number of sulfonamides is 1. The Balaban J connectivity index is 1.33. The van der Waals surface area contributed by atoms with Gasteiger partial charge in [-0.25, -0.2) is 8.42 Å². The highest BCUT2D eigenvalue weighted by Gasteiger charge is 2.43. The second-order valence-corrected chi connectivity index (χ2v) is 13.0. The van der Waals surface area contributed by atoms with E-state index in [4.69, 9.17) is 4.52 Å². The minimum atomic E-state index is -3.80. The monoisotopic (exact) mass is 550 g/mol. The maximum absolute atomic E-state index is 13.7. The molecule has 0 spiro atoms. The van der Waals surface area contributed by atoms with Crippen LogP contribution >= 0.6 is 0 Å². The summed E-state index contributed by atoms with van der Waals surface area (Å²) >= 11 is 0. The van der Waals surface area contributed by atoms with Crippen LogP contribution in [-0.4, -0.2) is 68.0 Å². The summed E-state index contributed by atoms with van der Waals surface area (Å²) in [6.07, 6.45) is 0.315. The molecule has 8 nitrogen and oxygen atoms in total. The number of carbonyl (C=O) groups excluding carboxylic acids is 1. The van der Waals surface area contributed by atoms with Crippen LogP contribution in [-0.2, 0) is 14.8 Å². The van der Waals surface area contributed by atoms with E-state index in [1.165, 1.54) is 21.1 Å². The zero-order chi connectivity index (χ0) is 27.9. The summed E-state index contributed by atoms with van der Waals surface area (Å²) < 4.78 is 34.0. The summed E-state index contributed by atoms with van der Waals surface area (Å²) in [7, 11) is -3.80. The highest BCUT2D eigenvalue weighted by Crippen LogP contribution is 2.39. The number of amides is 1. The molecule has 1 aromatic heterocycles. The van der Waals surface area contributed by atoms with Gasteiger partial charge in [0.2, 0.25) is 15.9 Å². The Labute approximate surface area is 231 Å². The van der Waals surface area contributed by atoms with Crippen molar-refractivity contribution in [1.82, 2.24) is 14.4 Å². The van der Waals surface area contributed by atoms with Gasteiger partial charge in [0.05, 0.1) is 0 Å². The van der Waals surface area contributed by atoms with Gasteiger partial charge in [0.15, 0.2) is 5.76 Å². The second-order valence-electron chi connectivity index (χ2n) is 11.1. The maximum Gasteiger partial charge on any atom is 0.248 e. The predicted molar refractivity (Wildman–Crippen MR) is 151 cm³/mol. The van der Waals surface area contributed by atoms with Gasteiger partial charge in [-0.3, -0.25) is 4.79 Å². The third-order valence-corrected chi connectivity index (χ3v) is 10.3. The summed E-state index contributed by atoms with van der Waals surface area (Å²) in [5, 5.41) is 3.86. The summed E-state index contributed by atoms with van der Waals surface area (Å²) in [5.74, 6) is 0.197. The first-order valence-corrected chi connectivity index (χ1v) is 15.1. The third kappa shape index (κ3) is 5.47. The zero-order valence-corrected chi connectivity index (χ0v) is 24.3. The Kier molecular flexibility index (Phi) is 7.57. The fourth-order valence-corrected chi connectivity index (χ4v) is 7.91. The minimum Gasteiger partial charge on any atom is -0.368 e. The second kappa shape index (κ2) is 10.8. The molecule has 39 heavy (non-hydrogen) atoms. The predicted octanol–water partition coefficient (Wildman–Crippen LogP) is 4.36. The van der Waals surface area contributed by atoms with E-state index in [0.717, 1.165) is 24.2 Å². The molecule has 0 saturated carbocycles. The number of hydrogen-bond acceptors (Lipinski definition) is 6. The van der Waals surface area contributed by atoms with Gasteiger partial charge in [-0.2, -0.15) is 4.31 Å². The molecule has 2 saturated heterocycles. The molecule has 2 aliphatic rings. The molecule has 1 amide bonds. The van der Waals surface area contributed by atoms with E-state index in [0.29, 0.717) is 44.1 Å². The van der Waals surface area contributed by atoms with Crippen LogP contribution in [0.5, 0.6) is 0 Å². The molecule has 208 valence electrons. The van der Waals surface area contributed by atoms with Crippen LogP contribution in [0.1, 0.15) is 46.0 Å². The van der Waals surface area contributed by atoms with E-state index in [9.17, 15) is 13.2 Å². The maximum atomic E-state index is 13.7. The van der Waals surface area contributed by atoms with E-state index in [1.807, 2.05) is 30.0 Å². The first-order valence-electron chi connectivity index (χ1n) is 13.6. The number of anilines is 1. The first-order chi connectivity index (χ1) is 18.5. The largest absolute Gasteiger partial charge is 0.368 e. The Hall–Kier alpha value is -3.17. The van der Waals surface area contributed by atoms with Crippen molar-refractivity contribution in [2.24, 2.45) is 5.92 Å². The van der Waals surface area contributed by atoms with Gasteiger partial charge in [-0.05, 0) is 63.3 Å². The molecule has 2 aliphatic heterocycles. The fraction of sp³-hybridized carbons (Fsp3) is 0.467. The number of aromatic nitrogens is 1. The molecule has 0 N–H and O–H groups in total. The molecule has 9 heteroatoms. The minimum absolute atomic E-state index is 0.0691. The highest BCUT2D eigenvalue weighted by atomic mass is 32.2. The molecular formula is C30H38N4O4S. The molecule has 3 aromatic rings. The van der Waals surface area contributed by atoms with Crippen LogP contribution in [0.3, 0.4) is 0 Å². The third-order valence-electron chi connectivity index (χ3n) is 8.22. The van der Waals surface area contributed by atoms with Crippen molar-refractivity contribution in [3.05, 3.63) is 76.2 Å². The standard InChI is InChI=1S/C30H38N4O4S/c1-20-7-6-8-25(15-20)27-19-34(39(36,37)30-23(4)31-38-24(30)5)18-26(27)17-29(35)33-13-11-32(12-14-33)28-16-21(2)9-10-22(28)3/h6-10,15-16,26-27H,11-14,17-19H2,1-5H3/t26-,27?/m1/s1. The first kappa shape index (κ1) is 27.4. The Morgan fingerprint density at radius 1 is 0.949 bits per heavy atom. The zero-order valence-electron chi connectivity index (χ0n) is 23.5. The van der Waals surface area contributed by atoms with E-state index < -0.39 is 10.0 Å². The van der Waals surface area contributed by atoms with Gasteiger partial charge in [0.25, 0.3) is 0 Å².